The molecule has 2 fully saturated rings. The molecule has 0 bridgehead atoms. The van der Waals surface area contributed by atoms with E-state index in [1.165, 1.54) is 0 Å². The number of amides is 1. The van der Waals surface area contributed by atoms with Crippen molar-refractivity contribution in [3.8, 4) is 0 Å². The highest BCUT2D eigenvalue weighted by Gasteiger charge is 2.24. The molecule has 5 nitrogen and oxygen atoms in total. The molecular formula is C9H16N2O3. The number of nitrogens with zero attached hydrogens (tertiary/aromatic N) is 1. The number of rotatable bonds is 2. The molecule has 1 atom stereocenters. The fourth-order valence-electron chi connectivity index (χ4n) is 1.75. The smallest absolute Gasteiger partial charge is 0.409 e. The highest BCUT2D eigenvalue weighted by molar-refractivity contribution is 5.68. The van der Waals surface area contributed by atoms with Crippen LogP contribution in [-0.4, -0.2) is 56.5 Å². The molecule has 0 aliphatic carbocycles. The van der Waals surface area contributed by atoms with E-state index in [0.29, 0.717) is 13.2 Å². The molecule has 2 aliphatic heterocycles. The summed E-state index contributed by atoms with van der Waals surface area (Å²) in [6.07, 6.45) is 0.839. The van der Waals surface area contributed by atoms with Gasteiger partial charge >= 0.3 is 6.09 Å². The summed E-state index contributed by atoms with van der Waals surface area (Å²) < 4.78 is 10.5. The highest BCUT2D eigenvalue weighted by atomic mass is 16.6. The Morgan fingerprint density at radius 2 is 2.43 bits per heavy atom. The molecule has 0 aromatic heterocycles. The van der Waals surface area contributed by atoms with E-state index in [-0.39, 0.29) is 12.2 Å². The standard InChI is InChI=1S/C9H16N2O3/c12-9-11(3-1-4-14-9)7-8-6-10-2-5-13-8/h8,10H,1-7H2. The number of ether oxygens (including phenoxy) is 2. The van der Waals surface area contributed by atoms with Crippen LogP contribution in [0.5, 0.6) is 0 Å². The van der Waals surface area contributed by atoms with Gasteiger partial charge in [-0.15, -0.1) is 0 Å². The molecular weight excluding hydrogens is 184 g/mol. The second-order valence-electron chi connectivity index (χ2n) is 3.61. The van der Waals surface area contributed by atoms with Crippen LogP contribution >= 0.6 is 0 Å². The molecule has 5 heteroatoms. The van der Waals surface area contributed by atoms with E-state index in [1.54, 1.807) is 4.90 Å². The molecule has 0 spiro atoms. The fourth-order valence-corrected chi connectivity index (χ4v) is 1.75. The van der Waals surface area contributed by atoms with Crippen molar-refractivity contribution >= 4 is 6.09 Å². The number of hydrogen-bond acceptors (Lipinski definition) is 4. The summed E-state index contributed by atoms with van der Waals surface area (Å²) >= 11 is 0. The zero-order valence-corrected chi connectivity index (χ0v) is 8.20. The third-order valence-electron chi connectivity index (χ3n) is 2.48. The van der Waals surface area contributed by atoms with Gasteiger partial charge in [0.15, 0.2) is 0 Å². The zero-order chi connectivity index (χ0) is 9.80. The Balaban J connectivity index is 1.79. The van der Waals surface area contributed by atoms with E-state index in [0.717, 1.165) is 32.7 Å². The van der Waals surface area contributed by atoms with Gasteiger partial charge < -0.3 is 19.7 Å². The molecule has 0 saturated carbocycles. The van der Waals surface area contributed by atoms with Gasteiger partial charge in [0, 0.05) is 19.6 Å². The molecule has 2 saturated heterocycles. The van der Waals surface area contributed by atoms with Crippen LogP contribution in [-0.2, 0) is 9.47 Å². The highest BCUT2D eigenvalue weighted by Crippen LogP contribution is 2.07. The van der Waals surface area contributed by atoms with E-state index in [2.05, 4.69) is 5.32 Å². The molecule has 2 aliphatic rings. The van der Waals surface area contributed by atoms with Crippen molar-refractivity contribution in [2.24, 2.45) is 0 Å². The first-order chi connectivity index (χ1) is 6.86. The fraction of sp³-hybridized carbons (Fsp3) is 0.889. The topological polar surface area (TPSA) is 50.8 Å². The Bertz CT molecular complexity index is 204. The van der Waals surface area contributed by atoms with Crippen LogP contribution in [0.4, 0.5) is 4.79 Å². The maximum Gasteiger partial charge on any atom is 0.409 e. The maximum absolute atomic E-state index is 11.3. The molecule has 0 aromatic carbocycles. The van der Waals surface area contributed by atoms with Gasteiger partial charge in [0.1, 0.15) is 0 Å². The second-order valence-corrected chi connectivity index (χ2v) is 3.61. The van der Waals surface area contributed by atoms with Crippen LogP contribution in [0.15, 0.2) is 0 Å². The van der Waals surface area contributed by atoms with Gasteiger partial charge in [0.25, 0.3) is 0 Å². The summed E-state index contributed by atoms with van der Waals surface area (Å²) in [5, 5.41) is 3.24. The van der Waals surface area contributed by atoms with Crippen LogP contribution in [0.1, 0.15) is 6.42 Å². The number of cyclic esters (lactones) is 1. The summed E-state index contributed by atoms with van der Waals surface area (Å²) in [6, 6.07) is 0. The predicted molar refractivity (Wildman–Crippen MR) is 50.1 cm³/mol. The van der Waals surface area contributed by atoms with Crippen molar-refractivity contribution in [2.75, 3.05) is 39.4 Å². The van der Waals surface area contributed by atoms with E-state index in [4.69, 9.17) is 9.47 Å². The van der Waals surface area contributed by atoms with Crippen molar-refractivity contribution in [1.29, 1.82) is 0 Å². The van der Waals surface area contributed by atoms with E-state index in [9.17, 15) is 4.79 Å². The molecule has 1 unspecified atom stereocenters. The predicted octanol–water partition coefficient (Wildman–Crippen LogP) is -0.183. The zero-order valence-electron chi connectivity index (χ0n) is 8.20. The summed E-state index contributed by atoms with van der Waals surface area (Å²) in [7, 11) is 0. The summed E-state index contributed by atoms with van der Waals surface area (Å²) in [5.41, 5.74) is 0. The van der Waals surface area contributed by atoms with Gasteiger partial charge in [-0.3, -0.25) is 0 Å². The van der Waals surface area contributed by atoms with Gasteiger partial charge in [-0.05, 0) is 6.42 Å². The number of carbonyl (C=O) groups excluding carboxylic acids is 1. The van der Waals surface area contributed by atoms with Crippen molar-refractivity contribution in [2.45, 2.75) is 12.5 Å². The lowest BCUT2D eigenvalue weighted by Crippen LogP contribution is -2.48. The molecule has 2 rings (SSSR count). The lowest BCUT2D eigenvalue weighted by atomic mass is 10.2. The van der Waals surface area contributed by atoms with Crippen molar-refractivity contribution < 1.29 is 14.3 Å². The quantitative estimate of drug-likeness (QED) is 0.671. The Morgan fingerprint density at radius 3 is 3.14 bits per heavy atom. The number of morpholine rings is 1. The second kappa shape index (κ2) is 4.61. The molecule has 1 amide bonds. The average molecular weight is 200 g/mol. The van der Waals surface area contributed by atoms with Crippen LogP contribution in [0, 0.1) is 0 Å². The van der Waals surface area contributed by atoms with Gasteiger partial charge in [0.2, 0.25) is 0 Å². The number of nitrogens with one attached hydrogen (secondary N) is 1. The summed E-state index contributed by atoms with van der Waals surface area (Å²) in [5.74, 6) is 0. The molecule has 80 valence electrons. The third kappa shape index (κ3) is 2.36. The van der Waals surface area contributed by atoms with Crippen LogP contribution in [0.25, 0.3) is 0 Å². The first kappa shape index (κ1) is 9.73. The Morgan fingerprint density at radius 1 is 1.50 bits per heavy atom. The van der Waals surface area contributed by atoms with Gasteiger partial charge in [-0.2, -0.15) is 0 Å². The lowest BCUT2D eigenvalue weighted by Gasteiger charge is -2.31. The molecule has 2 heterocycles. The Kier molecular flexibility index (Phi) is 3.21. The first-order valence-corrected chi connectivity index (χ1v) is 5.10. The minimum Gasteiger partial charge on any atom is -0.449 e. The molecule has 1 N–H and O–H groups in total. The average Bonchev–Trinajstić information content (AvgIpc) is 2.23. The third-order valence-corrected chi connectivity index (χ3v) is 2.48. The van der Waals surface area contributed by atoms with Gasteiger partial charge in [0.05, 0.1) is 25.9 Å². The van der Waals surface area contributed by atoms with Crippen molar-refractivity contribution in [1.82, 2.24) is 10.2 Å². The van der Waals surface area contributed by atoms with Crippen LogP contribution in [0.3, 0.4) is 0 Å². The minimum absolute atomic E-state index is 0.120. The largest absolute Gasteiger partial charge is 0.449 e. The van der Waals surface area contributed by atoms with E-state index < -0.39 is 0 Å². The van der Waals surface area contributed by atoms with Crippen molar-refractivity contribution in [3.05, 3.63) is 0 Å². The van der Waals surface area contributed by atoms with Crippen LogP contribution in [0.2, 0.25) is 0 Å². The van der Waals surface area contributed by atoms with Gasteiger partial charge in [-0.25, -0.2) is 4.79 Å². The first-order valence-electron chi connectivity index (χ1n) is 5.10. The minimum atomic E-state index is -0.203. The number of hydrogen-bond donors (Lipinski definition) is 1. The molecule has 0 radical (unpaired) electrons. The van der Waals surface area contributed by atoms with E-state index >= 15 is 0 Å². The molecule has 0 aromatic rings. The Hall–Kier alpha value is -0.810. The van der Waals surface area contributed by atoms with Crippen LogP contribution < -0.4 is 5.32 Å². The maximum atomic E-state index is 11.3. The number of carbonyl (C=O) groups is 1. The molecule has 14 heavy (non-hydrogen) atoms. The normalized spacial score (nSPS) is 28.7. The van der Waals surface area contributed by atoms with E-state index in [1.807, 2.05) is 0 Å². The monoisotopic (exact) mass is 200 g/mol. The summed E-state index contributed by atoms with van der Waals surface area (Å²) in [4.78, 5) is 13.0. The van der Waals surface area contributed by atoms with Crippen molar-refractivity contribution in [3.63, 3.8) is 0 Å². The summed E-state index contributed by atoms with van der Waals surface area (Å²) in [6.45, 7) is 4.45. The SMILES string of the molecule is O=C1OCCCN1CC1CNCCO1. The Labute approximate surface area is 83.3 Å². The van der Waals surface area contributed by atoms with Gasteiger partial charge in [-0.1, -0.05) is 0 Å². The lowest BCUT2D eigenvalue weighted by molar-refractivity contribution is -0.00478.